The summed E-state index contributed by atoms with van der Waals surface area (Å²) in [6, 6.07) is 48.7. The van der Waals surface area contributed by atoms with E-state index < -0.39 is 0 Å². The fraction of sp³-hybridized carbons (Fsp3) is 0.0526. The third kappa shape index (κ3) is 4.88. The average Bonchev–Trinajstić information content (AvgIpc) is 3.02. The largest absolute Gasteiger partial charge is 0.508 e. The van der Waals surface area contributed by atoms with Crippen LogP contribution in [0.1, 0.15) is 11.1 Å². The summed E-state index contributed by atoms with van der Waals surface area (Å²) in [5.74, 6) is 0.551. The molecule has 0 unspecified atom stereocenters. The van der Waals surface area contributed by atoms with Gasteiger partial charge in [-0.2, -0.15) is 0 Å². The molecule has 2 nitrogen and oxygen atoms in total. The number of phenols is 2. The maximum atomic E-state index is 12.3. The molecule has 6 aromatic rings. The van der Waals surface area contributed by atoms with Gasteiger partial charge in [0.1, 0.15) is 11.5 Å². The van der Waals surface area contributed by atoms with Crippen LogP contribution in [0.2, 0.25) is 0 Å². The van der Waals surface area contributed by atoms with Gasteiger partial charge in [-0.15, -0.1) is 0 Å². The number of hydrogen-bond acceptors (Lipinski definition) is 2. The first-order valence-electron chi connectivity index (χ1n) is 13.6. The quantitative estimate of drug-likeness (QED) is 0.221. The average molecular weight is 519 g/mol. The lowest BCUT2D eigenvalue weighted by atomic mass is 9.78. The lowest BCUT2D eigenvalue weighted by Gasteiger charge is -2.26. The summed E-state index contributed by atoms with van der Waals surface area (Å²) in [7, 11) is 0. The first-order chi connectivity index (χ1) is 19.7. The van der Waals surface area contributed by atoms with E-state index in [0.29, 0.717) is 12.8 Å². The molecule has 0 aliphatic rings. The van der Waals surface area contributed by atoms with Gasteiger partial charge in [0.15, 0.2) is 0 Å². The van der Waals surface area contributed by atoms with Crippen LogP contribution in [0.25, 0.3) is 44.5 Å². The van der Waals surface area contributed by atoms with E-state index in [1.807, 2.05) is 78.9 Å². The molecule has 0 spiro atoms. The van der Waals surface area contributed by atoms with Gasteiger partial charge in [0.2, 0.25) is 0 Å². The van der Waals surface area contributed by atoms with Crippen molar-refractivity contribution in [3.05, 3.63) is 157 Å². The highest BCUT2D eigenvalue weighted by Gasteiger charge is 2.27. The number of rotatable bonds is 7. The van der Waals surface area contributed by atoms with Crippen molar-refractivity contribution in [3.63, 3.8) is 0 Å². The molecule has 0 saturated carbocycles. The highest BCUT2D eigenvalue weighted by atomic mass is 16.3. The minimum absolute atomic E-state index is 0.274. The van der Waals surface area contributed by atoms with Crippen molar-refractivity contribution in [1.29, 1.82) is 0 Å². The van der Waals surface area contributed by atoms with Crippen LogP contribution in [0.3, 0.4) is 0 Å². The van der Waals surface area contributed by atoms with E-state index >= 15 is 0 Å². The van der Waals surface area contributed by atoms with E-state index in [4.69, 9.17) is 0 Å². The molecule has 0 fully saturated rings. The van der Waals surface area contributed by atoms with Gasteiger partial charge >= 0.3 is 0 Å². The molecular weight excluding hydrogens is 488 g/mol. The molecule has 6 aromatic carbocycles. The van der Waals surface area contributed by atoms with Crippen LogP contribution in [0.15, 0.2) is 146 Å². The van der Waals surface area contributed by atoms with Gasteiger partial charge in [-0.1, -0.05) is 140 Å². The van der Waals surface area contributed by atoms with Gasteiger partial charge in [0.25, 0.3) is 0 Å². The fourth-order valence-corrected chi connectivity index (χ4v) is 5.61. The summed E-state index contributed by atoms with van der Waals surface area (Å²) in [5.41, 5.74) is 9.77. The molecule has 0 bridgehead atoms. The topological polar surface area (TPSA) is 40.5 Å². The summed E-state index contributed by atoms with van der Waals surface area (Å²) in [4.78, 5) is 0. The monoisotopic (exact) mass is 518 g/mol. The number of para-hydroxylation sites is 1. The highest BCUT2D eigenvalue weighted by Crippen LogP contribution is 2.52. The summed E-state index contributed by atoms with van der Waals surface area (Å²) in [6.45, 7) is 0. The van der Waals surface area contributed by atoms with Crippen molar-refractivity contribution in [3.8, 4) is 56.0 Å². The van der Waals surface area contributed by atoms with E-state index in [0.717, 1.165) is 55.6 Å². The molecule has 6 rings (SSSR count). The Morgan fingerprint density at radius 2 is 0.725 bits per heavy atom. The Bertz CT molecular complexity index is 1730. The Labute approximate surface area is 235 Å². The van der Waals surface area contributed by atoms with Gasteiger partial charge in [-0.3, -0.25) is 0 Å². The summed E-state index contributed by atoms with van der Waals surface area (Å²) >= 11 is 0. The molecule has 2 N–H and O–H groups in total. The number of aryl methyl sites for hydroxylation is 1. The summed E-state index contributed by atoms with van der Waals surface area (Å²) < 4.78 is 0. The lowest BCUT2D eigenvalue weighted by Crippen LogP contribution is -2.03. The van der Waals surface area contributed by atoms with Gasteiger partial charge in [0.05, 0.1) is 0 Å². The van der Waals surface area contributed by atoms with Crippen LogP contribution in [-0.4, -0.2) is 10.2 Å². The molecule has 0 amide bonds. The molecule has 0 aromatic heterocycles. The molecule has 0 heterocycles. The molecule has 2 heteroatoms. The Balaban J connectivity index is 1.75. The fourth-order valence-electron chi connectivity index (χ4n) is 5.61. The van der Waals surface area contributed by atoms with E-state index in [1.54, 1.807) is 6.07 Å². The van der Waals surface area contributed by atoms with Crippen molar-refractivity contribution < 1.29 is 10.2 Å². The second kappa shape index (κ2) is 11.3. The smallest absolute Gasteiger partial charge is 0.127 e. The van der Waals surface area contributed by atoms with E-state index in [9.17, 15) is 10.2 Å². The minimum Gasteiger partial charge on any atom is -0.508 e. The molecule has 0 radical (unpaired) electrons. The van der Waals surface area contributed by atoms with Crippen LogP contribution in [0, 0.1) is 0 Å². The molecule has 40 heavy (non-hydrogen) atoms. The third-order valence-corrected chi connectivity index (χ3v) is 7.46. The van der Waals surface area contributed by atoms with Crippen molar-refractivity contribution in [1.82, 2.24) is 0 Å². The van der Waals surface area contributed by atoms with Gasteiger partial charge in [-0.05, 0) is 57.9 Å². The maximum Gasteiger partial charge on any atom is 0.127 e. The number of phenolic OH excluding ortho intramolecular Hbond substituents is 2. The Morgan fingerprint density at radius 1 is 0.350 bits per heavy atom. The van der Waals surface area contributed by atoms with Gasteiger partial charge < -0.3 is 10.2 Å². The molecule has 0 atom stereocenters. The zero-order valence-corrected chi connectivity index (χ0v) is 22.2. The van der Waals surface area contributed by atoms with E-state index in [2.05, 4.69) is 60.7 Å². The number of hydrogen-bond donors (Lipinski definition) is 2. The second-order valence-electron chi connectivity index (χ2n) is 9.92. The van der Waals surface area contributed by atoms with Crippen molar-refractivity contribution in [2.75, 3.05) is 0 Å². The normalized spacial score (nSPS) is 10.9. The van der Waals surface area contributed by atoms with Gasteiger partial charge in [0, 0.05) is 16.7 Å². The standard InChI is InChI=1S/C38H30O2/c39-33-24-14-13-15-27(33)25-26-32-34(28-16-5-1-6-17-28)35(29-18-7-2-8-19-29)36(30-20-9-3-10-21-30)37(38(32)40)31-22-11-4-12-23-31/h1-24,39-40H,25-26H2. The van der Waals surface area contributed by atoms with E-state index in [1.165, 1.54) is 0 Å². The Kier molecular flexibility index (Phi) is 7.15. The summed E-state index contributed by atoms with van der Waals surface area (Å²) in [6.07, 6.45) is 1.15. The summed E-state index contributed by atoms with van der Waals surface area (Å²) in [5, 5.41) is 22.8. The molecule has 0 aliphatic heterocycles. The van der Waals surface area contributed by atoms with Crippen LogP contribution >= 0.6 is 0 Å². The second-order valence-corrected chi connectivity index (χ2v) is 9.92. The van der Waals surface area contributed by atoms with Crippen molar-refractivity contribution in [2.24, 2.45) is 0 Å². The van der Waals surface area contributed by atoms with Crippen LogP contribution < -0.4 is 0 Å². The molecule has 0 saturated heterocycles. The van der Waals surface area contributed by atoms with Crippen LogP contribution in [-0.2, 0) is 12.8 Å². The van der Waals surface area contributed by atoms with Crippen molar-refractivity contribution >= 4 is 0 Å². The lowest BCUT2D eigenvalue weighted by molar-refractivity contribution is 0.463. The predicted octanol–water partition coefficient (Wildman–Crippen LogP) is 9.55. The van der Waals surface area contributed by atoms with Crippen LogP contribution in [0.5, 0.6) is 11.5 Å². The zero-order chi connectivity index (χ0) is 27.3. The van der Waals surface area contributed by atoms with E-state index in [-0.39, 0.29) is 11.5 Å². The molecular formula is C38H30O2. The number of benzene rings is 6. The van der Waals surface area contributed by atoms with Crippen molar-refractivity contribution in [2.45, 2.75) is 12.8 Å². The van der Waals surface area contributed by atoms with Crippen LogP contribution in [0.4, 0.5) is 0 Å². The zero-order valence-electron chi connectivity index (χ0n) is 22.2. The predicted molar refractivity (Wildman–Crippen MR) is 165 cm³/mol. The Morgan fingerprint density at radius 3 is 1.20 bits per heavy atom. The first kappa shape index (κ1) is 25.2. The molecule has 0 aliphatic carbocycles. The third-order valence-electron chi connectivity index (χ3n) is 7.46. The first-order valence-corrected chi connectivity index (χ1v) is 13.6. The number of aromatic hydroxyl groups is 2. The maximum absolute atomic E-state index is 12.3. The SMILES string of the molecule is Oc1ccccc1CCc1c(O)c(-c2ccccc2)c(-c2ccccc2)c(-c2ccccc2)c1-c1ccccc1. The van der Waals surface area contributed by atoms with Gasteiger partial charge in [-0.25, -0.2) is 0 Å². The Hall–Kier alpha value is -5.08. The molecule has 194 valence electrons. The highest BCUT2D eigenvalue weighted by molar-refractivity contribution is 6.05. The minimum atomic E-state index is 0.274.